The Morgan fingerprint density at radius 1 is 0.521 bits per heavy atom. The van der Waals surface area contributed by atoms with Crippen molar-refractivity contribution in [2.24, 2.45) is 41.4 Å². The Hall–Kier alpha value is -6.90. The van der Waals surface area contributed by atoms with Crippen molar-refractivity contribution >= 4 is 71.1 Å². The monoisotopic (exact) mass is 1330 g/mol. The maximum absolute atomic E-state index is 15.3. The van der Waals surface area contributed by atoms with Gasteiger partial charge >= 0.3 is 6.09 Å². The lowest BCUT2D eigenvalue weighted by atomic mass is 9.91. The van der Waals surface area contributed by atoms with E-state index < -0.39 is 162 Å². The summed E-state index contributed by atoms with van der Waals surface area (Å²) in [4.78, 5) is 182. The molecule has 0 saturated carbocycles. The van der Waals surface area contributed by atoms with E-state index in [0.29, 0.717) is 6.54 Å². The maximum Gasteiger partial charge on any atom is 0.409 e. The zero-order valence-electron chi connectivity index (χ0n) is 61.0. The molecule has 0 aliphatic carbocycles. The van der Waals surface area contributed by atoms with E-state index in [1.807, 2.05) is 69.2 Å². The molecule has 1 rings (SSSR count). The molecule has 27 nitrogen and oxygen atoms in total. The second-order valence-electron chi connectivity index (χ2n) is 28.2. The molecule has 12 amide bonds. The van der Waals surface area contributed by atoms with Gasteiger partial charge in [-0.3, -0.25) is 52.7 Å². The highest BCUT2D eigenvalue weighted by molar-refractivity contribution is 5.99. The third kappa shape index (κ3) is 26.0. The number of likely N-dealkylation sites (N-methyl/N-ethyl adjacent to an activating group) is 6. The van der Waals surface area contributed by atoms with Crippen LogP contribution in [0.5, 0.6) is 0 Å². The number of aliphatic hydroxyl groups is 2. The number of allylic oxidation sites excluding steroid dienone is 2. The molecule has 1 unspecified atom stereocenters. The van der Waals surface area contributed by atoms with Gasteiger partial charge in [-0.25, -0.2) is 4.79 Å². The summed E-state index contributed by atoms with van der Waals surface area (Å²) in [5.74, 6) is -11.1. The number of hydrogen-bond acceptors (Lipinski definition) is 15. The van der Waals surface area contributed by atoms with Crippen LogP contribution in [-0.2, 0) is 57.5 Å². The summed E-state index contributed by atoms with van der Waals surface area (Å²) in [7, 11) is 9.58. The summed E-state index contributed by atoms with van der Waals surface area (Å²) in [5.41, 5.74) is 0. The molecule has 0 aromatic rings. The zero-order chi connectivity index (χ0) is 72.7. The summed E-state index contributed by atoms with van der Waals surface area (Å²) in [6.45, 7) is 28.6. The van der Waals surface area contributed by atoms with Crippen molar-refractivity contribution in [1.82, 2.24) is 60.9 Å². The predicted molar refractivity (Wildman–Crippen MR) is 358 cm³/mol. The molecule has 538 valence electrons. The highest BCUT2D eigenvalue weighted by Crippen LogP contribution is 2.24. The summed E-state index contributed by atoms with van der Waals surface area (Å²) in [6.07, 6.45) is 0.0843. The van der Waals surface area contributed by atoms with E-state index in [0.717, 1.165) is 19.6 Å². The molecule has 0 radical (unpaired) electrons. The SMILES string of the molecule is C/C=C/C[C@@H](C)[C@@H](O)[C@H]1C(=O)N[C@@H](C(C)O)C(=O)N(C)CC(=O)N(C)[C@@H](CC(C)C)C(=O)N[C@@H](CC(C)C)C(=O)N(C)[C@@H](CC(C)C)C(=O)N[C@@H](C)C(=O)N[C@H](C)C(=O)N(C)[C@@H](C[C@H](C)COC(=O)N(C)CC)C(=O)N[C@@H](CC(C)C)C(=O)N(C)[C@@H](CC(C)C)C(=O)N1C. The molecular formula is C67H120N12O15. The van der Waals surface area contributed by atoms with Crippen LogP contribution >= 0.6 is 0 Å². The first-order valence-electron chi connectivity index (χ1n) is 33.4. The number of rotatable bonds is 20. The molecule has 94 heavy (non-hydrogen) atoms. The quantitative estimate of drug-likeness (QED) is 0.0862. The van der Waals surface area contributed by atoms with Crippen LogP contribution in [0.3, 0.4) is 0 Å². The average molecular weight is 1330 g/mol. The van der Waals surface area contributed by atoms with Gasteiger partial charge in [0.15, 0.2) is 0 Å². The lowest BCUT2D eigenvalue weighted by Crippen LogP contribution is -2.64. The van der Waals surface area contributed by atoms with Crippen LogP contribution in [0, 0.1) is 41.4 Å². The fourth-order valence-electron chi connectivity index (χ4n) is 11.1. The van der Waals surface area contributed by atoms with E-state index in [4.69, 9.17) is 4.74 Å². The van der Waals surface area contributed by atoms with Gasteiger partial charge < -0.3 is 75.8 Å². The van der Waals surface area contributed by atoms with Crippen molar-refractivity contribution in [1.29, 1.82) is 0 Å². The average Bonchev–Trinajstić information content (AvgIpc) is 0.818. The van der Waals surface area contributed by atoms with Gasteiger partial charge in [0.2, 0.25) is 65.0 Å². The largest absolute Gasteiger partial charge is 0.449 e. The lowest BCUT2D eigenvalue weighted by molar-refractivity contribution is -0.154. The summed E-state index contributed by atoms with van der Waals surface area (Å²) in [6, 6.07) is -13.9. The number of carbonyl (C=O) groups is 12. The van der Waals surface area contributed by atoms with Gasteiger partial charge in [-0.15, -0.1) is 0 Å². The van der Waals surface area contributed by atoms with Crippen LogP contribution in [0.25, 0.3) is 0 Å². The summed E-state index contributed by atoms with van der Waals surface area (Å²) >= 11 is 0. The Balaban J connectivity index is 4.47. The van der Waals surface area contributed by atoms with Gasteiger partial charge in [-0.2, -0.15) is 0 Å². The van der Waals surface area contributed by atoms with Crippen molar-refractivity contribution in [2.75, 3.05) is 69.0 Å². The third-order valence-electron chi connectivity index (χ3n) is 17.1. The maximum atomic E-state index is 15.3. The zero-order valence-corrected chi connectivity index (χ0v) is 61.0. The van der Waals surface area contributed by atoms with Gasteiger partial charge in [-0.1, -0.05) is 95.2 Å². The van der Waals surface area contributed by atoms with Crippen molar-refractivity contribution in [3.63, 3.8) is 0 Å². The summed E-state index contributed by atoms with van der Waals surface area (Å²) in [5, 5.41) is 37.0. The molecule has 0 bridgehead atoms. The Morgan fingerprint density at radius 2 is 0.936 bits per heavy atom. The molecule has 14 atom stereocenters. The molecular weight excluding hydrogens is 1210 g/mol. The molecule has 0 aromatic heterocycles. The number of amides is 12. The normalized spacial score (nSPS) is 25.9. The van der Waals surface area contributed by atoms with Crippen LogP contribution in [0.2, 0.25) is 0 Å². The van der Waals surface area contributed by atoms with Crippen LogP contribution in [0.4, 0.5) is 4.79 Å². The fourth-order valence-corrected chi connectivity index (χ4v) is 11.1. The van der Waals surface area contributed by atoms with Crippen molar-refractivity contribution in [3.05, 3.63) is 12.2 Å². The number of hydrogen-bond donors (Lipinski definition) is 7. The van der Waals surface area contributed by atoms with Crippen LogP contribution in [0.1, 0.15) is 163 Å². The Kier molecular flexibility index (Phi) is 36.1. The van der Waals surface area contributed by atoms with E-state index in [2.05, 4.69) is 26.6 Å². The molecule has 7 N–H and O–H groups in total. The molecule has 1 fully saturated rings. The number of aliphatic hydroxyl groups excluding tert-OH is 2. The van der Waals surface area contributed by atoms with Crippen LogP contribution in [-0.4, -0.2) is 257 Å². The Morgan fingerprint density at radius 3 is 1.38 bits per heavy atom. The molecule has 1 aliphatic heterocycles. The van der Waals surface area contributed by atoms with Crippen molar-refractivity contribution < 1.29 is 72.5 Å². The number of carbonyl (C=O) groups excluding carboxylic acids is 12. The Labute approximate surface area is 560 Å². The lowest BCUT2D eigenvalue weighted by Gasteiger charge is -2.39. The minimum Gasteiger partial charge on any atom is -0.449 e. The van der Waals surface area contributed by atoms with Gasteiger partial charge in [0.25, 0.3) is 0 Å². The second kappa shape index (κ2) is 39.8. The first kappa shape index (κ1) is 85.1. The van der Waals surface area contributed by atoms with Gasteiger partial charge in [-0.05, 0) is 121 Å². The fraction of sp³-hybridized carbons (Fsp3) is 0.791. The molecule has 1 aliphatic rings. The highest BCUT2D eigenvalue weighted by Gasteiger charge is 2.45. The molecule has 0 spiro atoms. The molecule has 27 heteroatoms. The first-order valence-corrected chi connectivity index (χ1v) is 33.4. The van der Waals surface area contributed by atoms with Crippen molar-refractivity contribution in [3.8, 4) is 0 Å². The minimum absolute atomic E-state index is 0.00943. The van der Waals surface area contributed by atoms with Crippen LogP contribution < -0.4 is 26.6 Å². The molecule has 0 aromatic carbocycles. The second-order valence-corrected chi connectivity index (χ2v) is 28.2. The first-order chi connectivity index (χ1) is 43.5. The van der Waals surface area contributed by atoms with Gasteiger partial charge in [0.05, 0.1) is 25.4 Å². The Bertz CT molecular complexity index is 2580. The van der Waals surface area contributed by atoms with E-state index in [1.54, 1.807) is 46.9 Å². The van der Waals surface area contributed by atoms with Gasteiger partial charge in [0.1, 0.15) is 60.4 Å². The standard InChI is InChI=1S/C67H120N12O15/c1-25-27-28-43(14)56(82)55-61(87)72-54(46(17)80)66(92)74(19)35-53(81)75(20)49(31-39(7)8)59(85)70-47(29-37(3)4)63(89)77(22)50(32-40(9)10)58(84)68-44(15)57(83)69-45(16)62(88)76(21)51(34-42(13)36-94-67(93)73(18)26-2)60(86)71-48(30-38(5)6)64(90)78(23)52(33-41(11)12)65(91)79(55)24/h25,27,37-52,54-56,80,82H,26,28-36H2,1-24H3,(H,68,84)(H,69,83)(H,70,85)(H,71,86)(H,72,87)/b27-25+/t42-,43+,44-,45+,46?,47-,48-,49-,50-,51-,52-,54-,55-,56+/m0/s1. The smallest absolute Gasteiger partial charge is 0.409 e. The molecule has 1 heterocycles. The minimum atomic E-state index is -1.77. The predicted octanol–water partition coefficient (Wildman–Crippen LogP) is 2.75. The highest BCUT2D eigenvalue weighted by atomic mass is 16.6. The van der Waals surface area contributed by atoms with Gasteiger partial charge in [0, 0.05) is 55.9 Å². The third-order valence-corrected chi connectivity index (χ3v) is 17.1. The molecule has 1 saturated heterocycles. The number of nitrogens with one attached hydrogen (secondary N) is 5. The van der Waals surface area contributed by atoms with E-state index in [9.17, 15) is 53.4 Å². The van der Waals surface area contributed by atoms with E-state index >= 15 is 14.4 Å². The number of nitrogens with zero attached hydrogens (tertiary/aromatic N) is 7. The van der Waals surface area contributed by atoms with E-state index in [1.165, 1.54) is 77.8 Å². The topological polar surface area (TPSA) is 337 Å². The van der Waals surface area contributed by atoms with E-state index in [-0.39, 0.29) is 81.1 Å². The van der Waals surface area contributed by atoms with Crippen LogP contribution in [0.15, 0.2) is 12.2 Å². The summed E-state index contributed by atoms with van der Waals surface area (Å²) < 4.78 is 5.55. The number of ether oxygens (including phenoxy) is 1. The van der Waals surface area contributed by atoms with Crippen molar-refractivity contribution in [2.45, 2.75) is 235 Å².